The van der Waals surface area contributed by atoms with E-state index in [1.54, 1.807) is 0 Å². The summed E-state index contributed by atoms with van der Waals surface area (Å²) in [5.41, 5.74) is 20.6. The Morgan fingerprint density at radius 2 is 0.841 bits per heavy atom. The molecule has 0 saturated heterocycles. The Hall–Kier alpha value is -7.78. The van der Waals surface area contributed by atoms with Crippen LogP contribution < -0.4 is 4.90 Å². The monoisotopic (exact) mass is 817 g/mol. The van der Waals surface area contributed by atoms with Crippen LogP contribution in [0.5, 0.6) is 0 Å². The molecule has 0 N–H and O–H groups in total. The van der Waals surface area contributed by atoms with Gasteiger partial charge in [-0.25, -0.2) is 0 Å². The third-order valence-electron chi connectivity index (χ3n) is 13.5. The van der Waals surface area contributed by atoms with Gasteiger partial charge in [0.1, 0.15) is 0 Å². The molecule has 1 atom stereocenters. The van der Waals surface area contributed by atoms with Gasteiger partial charge in [0.15, 0.2) is 0 Å². The van der Waals surface area contributed by atoms with Gasteiger partial charge in [-0.2, -0.15) is 0 Å². The summed E-state index contributed by atoms with van der Waals surface area (Å²) < 4.78 is 2.69. The van der Waals surface area contributed by atoms with Crippen molar-refractivity contribution >= 4 is 48.6 Å². The van der Waals surface area contributed by atoms with E-state index in [1.807, 2.05) is 11.3 Å². The molecule has 2 heteroatoms. The van der Waals surface area contributed by atoms with Gasteiger partial charge in [-0.3, -0.25) is 0 Å². The van der Waals surface area contributed by atoms with Crippen molar-refractivity contribution in [3.63, 3.8) is 0 Å². The van der Waals surface area contributed by atoms with Gasteiger partial charge in [-0.15, -0.1) is 11.3 Å². The molecule has 1 nitrogen and oxygen atoms in total. The van der Waals surface area contributed by atoms with E-state index in [4.69, 9.17) is 0 Å². The predicted octanol–water partition coefficient (Wildman–Crippen LogP) is 16.9. The molecular weight excluding hydrogens is 779 g/mol. The third kappa shape index (κ3) is 5.42. The summed E-state index contributed by atoms with van der Waals surface area (Å²) in [5, 5.41) is 2.65. The Bertz CT molecular complexity index is 3550. The van der Waals surface area contributed by atoms with Gasteiger partial charge in [0.25, 0.3) is 0 Å². The highest BCUT2D eigenvalue weighted by Gasteiger charge is 2.52. The minimum Gasteiger partial charge on any atom is -0.310 e. The fourth-order valence-electron chi connectivity index (χ4n) is 10.7. The van der Waals surface area contributed by atoms with E-state index in [0.717, 1.165) is 17.1 Å². The van der Waals surface area contributed by atoms with Crippen molar-refractivity contribution in [2.24, 2.45) is 0 Å². The molecule has 0 amide bonds. The Balaban J connectivity index is 1.08. The average Bonchev–Trinajstić information content (AvgIpc) is 3.99. The molecule has 1 spiro atoms. The van der Waals surface area contributed by atoms with Crippen LogP contribution in [0.3, 0.4) is 0 Å². The van der Waals surface area contributed by atoms with Crippen molar-refractivity contribution in [3.05, 3.63) is 259 Å². The Kier molecular flexibility index (Phi) is 8.06. The number of benzene rings is 10. The summed E-state index contributed by atoms with van der Waals surface area (Å²) in [7, 11) is 0. The van der Waals surface area contributed by atoms with Crippen LogP contribution >= 0.6 is 11.3 Å². The fourth-order valence-corrected chi connectivity index (χ4v) is 12.0. The minimum absolute atomic E-state index is 0.545. The highest BCUT2D eigenvalue weighted by Crippen LogP contribution is 2.65. The van der Waals surface area contributed by atoms with Crippen molar-refractivity contribution in [1.29, 1.82) is 0 Å². The lowest BCUT2D eigenvalue weighted by Crippen LogP contribution is -2.26. The average molecular weight is 818 g/mol. The SMILES string of the molecule is c1ccc(-c2ccc(N(c3cccc(-c4ccccc4)c3)c3ccc4c(c3)C3(c5cc(-c6ccccc6)ccc5-4)c4ccccc4-c4c3ccc3c4sc4ccccc43)cc2)cc1. The zero-order chi connectivity index (χ0) is 41.5. The first-order valence-electron chi connectivity index (χ1n) is 21.7. The van der Waals surface area contributed by atoms with Crippen LogP contribution in [0.1, 0.15) is 22.3 Å². The predicted molar refractivity (Wildman–Crippen MR) is 267 cm³/mol. The Labute approximate surface area is 371 Å². The van der Waals surface area contributed by atoms with Gasteiger partial charge in [-0.05, 0) is 121 Å². The first kappa shape index (κ1) is 35.9. The van der Waals surface area contributed by atoms with Crippen LogP contribution in [0.4, 0.5) is 17.1 Å². The molecule has 11 aromatic rings. The van der Waals surface area contributed by atoms with E-state index in [1.165, 1.54) is 98.1 Å². The van der Waals surface area contributed by atoms with Gasteiger partial charge < -0.3 is 4.90 Å². The molecule has 0 saturated carbocycles. The number of rotatable bonds is 6. The molecular formula is C61H39NS. The minimum atomic E-state index is -0.545. The van der Waals surface area contributed by atoms with Gasteiger partial charge in [0.2, 0.25) is 0 Å². The number of hydrogen-bond acceptors (Lipinski definition) is 2. The van der Waals surface area contributed by atoms with Crippen LogP contribution in [-0.2, 0) is 5.41 Å². The largest absolute Gasteiger partial charge is 0.310 e. The van der Waals surface area contributed by atoms with E-state index in [-0.39, 0.29) is 0 Å². The summed E-state index contributed by atoms with van der Waals surface area (Å²) in [5.74, 6) is 0. The summed E-state index contributed by atoms with van der Waals surface area (Å²) in [4.78, 5) is 2.45. The third-order valence-corrected chi connectivity index (χ3v) is 14.7. The standard InChI is InChI=1S/C61H39NS/c1-4-15-40(16-5-1)43-27-30-46(31-28-43)62(47-22-14-21-44(37-47)41-17-6-2-7-18-41)48-32-34-50-49-33-29-45(42-19-8-3-9-20-42)38-56(49)61(57(50)39-48)54-25-12-10-24-53(54)59-55(61)36-35-52-51-23-11-13-26-58(51)63-60(52)59/h1-39H. The van der Waals surface area contributed by atoms with Crippen LogP contribution in [0.25, 0.3) is 75.8 Å². The molecule has 1 aromatic heterocycles. The molecule has 0 aliphatic heterocycles. The maximum Gasteiger partial charge on any atom is 0.0727 e. The van der Waals surface area contributed by atoms with Crippen molar-refractivity contribution in [2.45, 2.75) is 5.41 Å². The van der Waals surface area contributed by atoms with Gasteiger partial charge in [0, 0.05) is 42.8 Å². The molecule has 0 bridgehead atoms. The van der Waals surface area contributed by atoms with Crippen LogP contribution in [0.2, 0.25) is 0 Å². The number of nitrogens with zero attached hydrogens (tertiary/aromatic N) is 1. The zero-order valence-electron chi connectivity index (χ0n) is 34.4. The molecule has 13 rings (SSSR count). The number of thiophene rings is 1. The van der Waals surface area contributed by atoms with E-state index in [9.17, 15) is 0 Å². The van der Waals surface area contributed by atoms with E-state index in [2.05, 4.69) is 241 Å². The van der Waals surface area contributed by atoms with Crippen LogP contribution in [0.15, 0.2) is 237 Å². The topological polar surface area (TPSA) is 3.24 Å². The number of hydrogen-bond donors (Lipinski definition) is 0. The molecule has 1 unspecified atom stereocenters. The second-order valence-corrected chi connectivity index (χ2v) is 17.8. The normalized spacial score (nSPS) is 14.4. The Morgan fingerprint density at radius 3 is 1.59 bits per heavy atom. The molecule has 63 heavy (non-hydrogen) atoms. The molecule has 2 aliphatic carbocycles. The second kappa shape index (κ2) is 14.1. The van der Waals surface area contributed by atoms with Crippen molar-refractivity contribution in [1.82, 2.24) is 0 Å². The number of fused-ring (bicyclic) bond motifs is 14. The molecule has 0 radical (unpaired) electrons. The highest BCUT2D eigenvalue weighted by molar-refractivity contribution is 7.26. The second-order valence-electron chi connectivity index (χ2n) is 16.8. The summed E-state index contributed by atoms with van der Waals surface area (Å²) >= 11 is 1.93. The van der Waals surface area contributed by atoms with Crippen LogP contribution in [0, 0.1) is 0 Å². The molecule has 0 fully saturated rings. The maximum atomic E-state index is 2.51. The van der Waals surface area contributed by atoms with Gasteiger partial charge >= 0.3 is 0 Å². The van der Waals surface area contributed by atoms with Gasteiger partial charge in [0.05, 0.1) is 5.41 Å². The highest BCUT2D eigenvalue weighted by atomic mass is 32.1. The van der Waals surface area contributed by atoms with Gasteiger partial charge in [-0.1, -0.05) is 188 Å². The molecule has 2 aliphatic rings. The summed E-state index contributed by atoms with van der Waals surface area (Å²) in [6, 6.07) is 87.7. The van der Waals surface area contributed by atoms with Crippen LogP contribution in [-0.4, -0.2) is 0 Å². The maximum absolute atomic E-state index is 2.51. The smallest absolute Gasteiger partial charge is 0.0727 e. The van der Waals surface area contributed by atoms with Crippen molar-refractivity contribution in [3.8, 4) is 55.6 Å². The summed E-state index contributed by atoms with van der Waals surface area (Å²) in [6.07, 6.45) is 0. The lowest BCUT2D eigenvalue weighted by molar-refractivity contribution is 0.794. The molecule has 1 heterocycles. The van der Waals surface area contributed by atoms with E-state index in [0.29, 0.717) is 0 Å². The molecule has 10 aromatic carbocycles. The quantitative estimate of drug-likeness (QED) is 0.162. The fraction of sp³-hybridized carbons (Fsp3) is 0.0164. The zero-order valence-corrected chi connectivity index (χ0v) is 35.2. The first-order valence-corrected chi connectivity index (χ1v) is 22.6. The lowest BCUT2D eigenvalue weighted by atomic mass is 9.70. The summed E-state index contributed by atoms with van der Waals surface area (Å²) in [6.45, 7) is 0. The van der Waals surface area contributed by atoms with Crippen molar-refractivity contribution in [2.75, 3.05) is 4.90 Å². The number of anilines is 3. The molecule has 294 valence electrons. The lowest BCUT2D eigenvalue weighted by Gasteiger charge is -2.32. The Morgan fingerprint density at radius 1 is 0.302 bits per heavy atom. The van der Waals surface area contributed by atoms with E-state index < -0.39 is 5.41 Å². The first-order chi connectivity index (χ1) is 31.2. The van der Waals surface area contributed by atoms with E-state index >= 15 is 0 Å². The van der Waals surface area contributed by atoms with Crippen molar-refractivity contribution < 1.29 is 0 Å².